The fourth-order valence-corrected chi connectivity index (χ4v) is 3.53. The number of fused-ring (bicyclic) bond motifs is 1. The first kappa shape index (κ1) is 21.5. The lowest BCUT2D eigenvalue weighted by molar-refractivity contribution is -0.117. The van der Waals surface area contributed by atoms with Crippen molar-refractivity contribution < 1.29 is 23.8 Å². The molecule has 7 nitrogen and oxygen atoms in total. The Morgan fingerprint density at radius 3 is 2.17 bits per heavy atom. The molecule has 0 saturated carbocycles. The van der Waals surface area contributed by atoms with Crippen LogP contribution in [0.15, 0.2) is 30.3 Å². The lowest BCUT2D eigenvalue weighted by atomic mass is 10.1. The first-order valence-corrected chi connectivity index (χ1v) is 10.3. The van der Waals surface area contributed by atoms with E-state index in [4.69, 9.17) is 14.2 Å². The predicted molar refractivity (Wildman–Crippen MR) is 116 cm³/mol. The van der Waals surface area contributed by atoms with Crippen molar-refractivity contribution in [2.75, 3.05) is 36.6 Å². The molecule has 1 N–H and O–H groups in total. The van der Waals surface area contributed by atoms with Gasteiger partial charge in [0.25, 0.3) is 5.91 Å². The molecular weight excluding hydrogens is 384 g/mol. The molecule has 1 heterocycles. The van der Waals surface area contributed by atoms with Crippen molar-refractivity contribution in [2.45, 2.75) is 34.1 Å². The number of amides is 2. The fourth-order valence-electron chi connectivity index (χ4n) is 3.53. The molecule has 0 bridgehead atoms. The molecule has 1 aliphatic rings. The minimum Gasteiger partial charge on any atom is -0.490 e. The minimum atomic E-state index is -0.295. The number of benzene rings is 2. The summed E-state index contributed by atoms with van der Waals surface area (Å²) in [5, 5.41) is 2.91. The van der Waals surface area contributed by atoms with Gasteiger partial charge in [-0.2, -0.15) is 0 Å². The van der Waals surface area contributed by atoms with Crippen LogP contribution in [0.1, 0.15) is 43.6 Å². The van der Waals surface area contributed by atoms with Gasteiger partial charge in [0.1, 0.15) is 0 Å². The molecule has 0 aliphatic carbocycles. The van der Waals surface area contributed by atoms with E-state index in [1.165, 1.54) is 0 Å². The number of anilines is 2. The molecule has 0 unspecified atom stereocenters. The number of likely N-dealkylation sites (N-methyl/N-ethyl adjacent to an activating group) is 1. The summed E-state index contributed by atoms with van der Waals surface area (Å²) in [6.07, 6.45) is 0.346. The molecule has 0 spiro atoms. The van der Waals surface area contributed by atoms with Crippen molar-refractivity contribution in [3.8, 4) is 17.2 Å². The normalized spacial score (nSPS) is 12.5. The second-order valence-electron chi connectivity index (χ2n) is 6.71. The lowest BCUT2D eigenvalue weighted by Crippen LogP contribution is -2.25. The minimum absolute atomic E-state index is 0.0743. The number of nitrogens with one attached hydrogen (secondary N) is 1. The maximum atomic E-state index is 12.9. The Labute approximate surface area is 176 Å². The number of hydrogen-bond donors (Lipinski definition) is 1. The first-order chi connectivity index (χ1) is 14.5. The lowest BCUT2D eigenvalue weighted by Gasteiger charge is -2.17. The van der Waals surface area contributed by atoms with E-state index < -0.39 is 0 Å². The number of carbonyl (C=O) groups excluding carboxylic acids is 2. The third-order valence-electron chi connectivity index (χ3n) is 4.76. The SMILES string of the molecule is CCOc1cc(C(=O)Nc2ccc3c(c2)CC(=O)N3CC)cc(OCC)c1OCC. The summed E-state index contributed by atoms with van der Waals surface area (Å²) in [5.41, 5.74) is 2.85. The van der Waals surface area contributed by atoms with Crippen molar-refractivity contribution in [3.63, 3.8) is 0 Å². The van der Waals surface area contributed by atoms with Gasteiger partial charge >= 0.3 is 0 Å². The molecule has 2 amide bonds. The van der Waals surface area contributed by atoms with Crippen LogP contribution in [0.2, 0.25) is 0 Å². The second-order valence-corrected chi connectivity index (χ2v) is 6.71. The summed E-state index contributed by atoms with van der Waals surface area (Å²) in [6.45, 7) is 9.51. The van der Waals surface area contributed by atoms with Crippen LogP contribution >= 0.6 is 0 Å². The van der Waals surface area contributed by atoms with Gasteiger partial charge in [-0.25, -0.2) is 0 Å². The highest BCUT2D eigenvalue weighted by molar-refractivity contribution is 6.06. The van der Waals surface area contributed by atoms with Gasteiger partial charge < -0.3 is 24.4 Å². The van der Waals surface area contributed by atoms with Crippen molar-refractivity contribution >= 4 is 23.2 Å². The highest BCUT2D eigenvalue weighted by atomic mass is 16.5. The molecule has 1 aliphatic heterocycles. The average Bonchev–Trinajstić information content (AvgIpc) is 3.04. The third-order valence-corrected chi connectivity index (χ3v) is 4.76. The Balaban J connectivity index is 1.88. The molecule has 0 atom stereocenters. The number of rotatable bonds is 9. The molecule has 2 aromatic rings. The van der Waals surface area contributed by atoms with Gasteiger partial charge in [0.15, 0.2) is 11.5 Å². The Bertz CT molecular complexity index is 914. The third kappa shape index (κ3) is 4.35. The summed E-state index contributed by atoms with van der Waals surface area (Å²) >= 11 is 0. The highest BCUT2D eigenvalue weighted by Crippen LogP contribution is 2.39. The summed E-state index contributed by atoms with van der Waals surface area (Å²) in [5.74, 6) is 1.21. The van der Waals surface area contributed by atoms with E-state index in [0.717, 1.165) is 11.3 Å². The number of carbonyl (C=O) groups is 2. The Morgan fingerprint density at radius 2 is 1.60 bits per heavy atom. The summed E-state index contributed by atoms with van der Waals surface area (Å²) in [7, 11) is 0. The fraction of sp³-hybridized carbons (Fsp3) is 0.391. The monoisotopic (exact) mass is 412 g/mol. The molecule has 30 heavy (non-hydrogen) atoms. The molecule has 0 saturated heterocycles. The molecule has 160 valence electrons. The van der Waals surface area contributed by atoms with E-state index in [0.29, 0.717) is 61.3 Å². The Hall–Kier alpha value is -3.22. The molecule has 2 aromatic carbocycles. The molecule has 7 heteroatoms. The zero-order valence-electron chi connectivity index (χ0n) is 17.9. The topological polar surface area (TPSA) is 77.1 Å². The van der Waals surface area contributed by atoms with Gasteiger partial charge in [0.2, 0.25) is 11.7 Å². The largest absolute Gasteiger partial charge is 0.490 e. The van der Waals surface area contributed by atoms with E-state index in [1.807, 2.05) is 39.8 Å². The summed E-state index contributed by atoms with van der Waals surface area (Å²) < 4.78 is 17.1. The zero-order chi connectivity index (χ0) is 21.7. The van der Waals surface area contributed by atoms with Crippen molar-refractivity contribution in [3.05, 3.63) is 41.5 Å². The molecule has 0 aromatic heterocycles. The van der Waals surface area contributed by atoms with Crippen LogP contribution in [0.4, 0.5) is 11.4 Å². The van der Waals surface area contributed by atoms with E-state index >= 15 is 0 Å². The van der Waals surface area contributed by atoms with Crippen LogP contribution in [0.3, 0.4) is 0 Å². The van der Waals surface area contributed by atoms with Crippen LogP contribution in [-0.2, 0) is 11.2 Å². The average molecular weight is 412 g/mol. The molecule has 0 fully saturated rings. The van der Waals surface area contributed by atoms with Crippen LogP contribution in [-0.4, -0.2) is 38.2 Å². The van der Waals surface area contributed by atoms with E-state index in [2.05, 4.69) is 5.32 Å². The quantitative estimate of drug-likeness (QED) is 0.673. The Morgan fingerprint density at radius 1 is 0.967 bits per heavy atom. The summed E-state index contributed by atoms with van der Waals surface area (Å²) in [4.78, 5) is 26.8. The van der Waals surface area contributed by atoms with Gasteiger partial charge in [-0.05, 0) is 63.6 Å². The van der Waals surface area contributed by atoms with Gasteiger partial charge in [-0.3, -0.25) is 9.59 Å². The molecule has 0 radical (unpaired) electrons. The van der Waals surface area contributed by atoms with Crippen molar-refractivity contribution in [1.29, 1.82) is 0 Å². The number of ether oxygens (including phenoxy) is 3. The van der Waals surface area contributed by atoms with E-state index in [1.54, 1.807) is 23.1 Å². The van der Waals surface area contributed by atoms with Gasteiger partial charge in [0, 0.05) is 23.5 Å². The smallest absolute Gasteiger partial charge is 0.255 e. The van der Waals surface area contributed by atoms with E-state index in [-0.39, 0.29) is 11.8 Å². The molecular formula is C23H28N2O5. The van der Waals surface area contributed by atoms with E-state index in [9.17, 15) is 9.59 Å². The highest BCUT2D eigenvalue weighted by Gasteiger charge is 2.26. The van der Waals surface area contributed by atoms with Crippen LogP contribution in [0, 0.1) is 0 Å². The summed E-state index contributed by atoms with van der Waals surface area (Å²) in [6, 6.07) is 8.83. The van der Waals surface area contributed by atoms with Gasteiger partial charge in [-0.15, -0.1) is 0 Å². The number of hydrogen-bond acceptors (Lipinski definition) is 5. The second kappa shape index (κ2) is 9.52. The van der Waals surface area contributed by atoms with Crippen LogP contribution < -0.4 is 24.4 Å². The van der Waals surface area contributed by atoms with Crippen molar-refractivity contribution in [1.82, 2.24) is 0 Å². The maximum Gasteiger partial charge on any atom is 0.255 e. The van der Waals surface area contributed by atoms with Crippen LogP contribution in [0.5, 0.6) is 17.2 Å². The van der Waals surface area contributed by atoms with Gasteiger partial charge in [-0.1, -0.05) is 0 Å². The maximum absolute atomic E-state index is 12.9. The first-order valence-electron chi connectivity index (χ1n) is 10.3. The van der Waals surface area contributed by atoms with Crippen molar-refractivity contribution in [2.24, 2.45) is 0 Å². The predicted octanol–water partition coefficient (Wildman–Crippen LogP) is 4.04. The zero-order valence-corrected chi connectivity index (χ0v) is 17.9. The number of nitrogens with zero attached hydrogens (tertiary/aromatic N) is 1. The molecule has 3 rings (SSSR count). The Kier molecular flexibility index (Phi) is 6.82. The standard InChI is InChI=1S/C23H28N2O5/c1-5-25-18-10-9-17(11-15(18)14-21(25)26)24-23(27)16-12-19(28-6-2)22(30-8-4)20(13-16)29-7-3/h9-13H,5-8,14H2,1-4H3,(H,24,27). The van der Waals surface area contributed by atoms with Crippen LogP contribution in [0.25, 0.3) is 0 Å². The van der Waals surface area contributed by atoms with Gasteiger partial charge in [0.05, 0.1) is 26.2 Å².